The molecular formula is C9H7Cl2FN4. The van der Waals surface area contributed by atoms with Crippen molar-refractivity contribution in [1.82, 2.24) is 20.2 Å². The zero-order valence-electron chi connectivity index (χ0n) is 8.23. The first kappa shape index (κ1) is 11.3. The van der Waals surface area contributed by atoms with Gasteiger partial charge in [0, 0.05) is 0 Å². The van der Waals surface area contributed by atoms with Gasteiger partial charge in [-0.15, -0.1) is 16.7 Å². The van der Waals surface area contributed by atoms with Crippen LogP contribution >= 0.6 is 23.2 Å². The normalized spacial score (nSPS) is 12.8. The van der Waals surface area contributed by atoms with E-state index in [0.717, 1.165) is 0 Å². The molecule has 16 heavy (non-hydrogen) atoms. The van der Waals surface area contributed by atoms with E-state index in [-0.39, 0.29) is 10.4 Å². The molecule has 84 valence electrons. The topological polar surface area (TPSA) is 43.6 Å². The molecule has 2 rings (SSSR count). The molecule has 1 aromatic heterocycles. The third-order valence-electron chi connectivity index (χ3n) is 1.99. The molecule has 0 aliphatic heterocycles. The minimum atomic E-state index is -0.415. The highest BCUT2D eigenvalue weighted by Crippen LogP contribution is 2.24. The molecule has 0 radical (unpaired) electrons. The minimum absolute atomic E-state index is 0.228. The SMILES string of the molecule is CC(Cl)c1nnnn1-c1ccc(F)cc1Cl. The van der Waals surface area contributed by atoms with E-state index in [1.54, 1.807) is 6.92 Å². The van der Waals surface area contributed by atoms with Crippen molar-refractivity contribution in [3.8, 4) is 5.69 Å². The maximum atomic E-state index is 12.9. The van der Waals surface area contributed by atoms with Crippen LogP contribution < -0.4 is 0 Å². The Hall–Kier alpha value is -1.20. The summed E-state index contributed by atoms with van der Waals surface area (Å²) in [6.07, 6.45) is 0. The van der Waals surface area contributed by atoms with Crippen molar-refractivity contribution in [3.63, 3.8) is 0 Å². The van der Waals surface area contributed by atoms with Gasteiger partial charge in [-0.2, -0.15) is 4.68 Å². The smallest absolute Gasteiger partial charge is 0.174 e. The lowest BCUT2D eigenvalue weighted by Crippen LogP contribution is -2.04. The molecule has 0 bridgehead atoms. The molecule has 1 unspecified atom stereocenters. The Bertz CT molecular complexity index is 512. The standard InChI is InChI=1S/C9H7Cl2FN4/c1-5(10)9-13-14-15-16(9)8-3-2-6(12)4-7(8)11/h2-5H,1H3. The Morgan fingerprint density at radius 3 is 2.81 bits per heavy atom. The minimum Gasteiger partial charge on any atom is -0.207 e. The first-order valence-electron chi connectivity index (χ1n) is 4.47. The molecule has 0 aliphatic carbocycles. The van der Waals surface area contributed by atoms with Crippen LogP contribution in [-0.2, 0) is 0 Å². The number of tetrazole rings is 1. The van der Waals surface area contributed by atoms with E-state index in [4.69, 9.17) is 23.2 Å². The first-order chi connectivity index (χ1) is 7.59. The molecular weight excluding hydrogens is 254 g/mol. The van der Waals surface area contributed by atoms with E-state index in [2.05, 4.69) is 15.5 Å². The molecule has 1 atom stereocenters. The van der Waals surface area contributed by atoms with E-state index in [0.29, 0.717) is 11.5 Å². The molecule has 7 heteroatoms. The number of rotatable bonds is 2. The van der Waals surface area contributed by atoms with Crippen molar-refractivity contribution < 1.29 is 4.39 Å². The summed E-state index contributed by atoms with van der Waals surface area (Å²) in [7, 11) is 0. The summed E-state index contributed by atoms with van der Waals surface area (Å²) in [4.78, 5) is 0. The van der Waals surface area contributed by atoms with Crippen LogP contribution in [0.4, 0.5) is 4.39 Å². The Morgan fingerprint density at radius 1 is 1.44 bits per heavy atom. The second-order valence-corrected chi connectivity index (χ2v) is 4.22. The highest BCUT2D eigenvalue weighted by atomic mass is 35.5. The molecule has 1 heterocycles. The quantitative estimate of drug-likeness (QED) is 0.780. The van der Waals surface area contributed by atoms with Crippen LogP contribution in [0, 0.1) is 5.82 Å². The van der Waals surface area contributed by atoms with Gasteiger partial charge in [-0.3, -0.25) is 0 Å². The maximum absolute atomic E-state index is 12.9. The Kier molecular flexibility index (Phi) is 3.07. The molecule has 0 spiro atoms. The number of alkyl halides is 1. The van der Waals surface area contributed by atoms with Crippen LogP contribution in [0.25, 0.3) is 5.69 Å². The van der Waals surface area contributed by atoms with Gasteiger partial charge >= 0.3 is 0 Å². The summed E-state index contributed by atoms with van der Waals surface area (Å²) in [5.41, 5.74) is 0.496. The van der Waals surface area contributed by atoms with Gasteiger partial charge in [0.2, 0.25) is 0 Å². The average molecular weight is 261 g/mol. The lowest BCUT2D eigenvalue weighted by molar-refractivity contribution is 0.626. The third-order valence-corrected chi connectivity index (χ3v) is 2.49. The molecule has 1 aromatic carbocycles. The second kappa shape index (κ2) is 4.35. The van der Waals surface area contributed by atoms with E-state index in [1.807, 2.05) is 0 Å². The van der Waals surface area contributed by atoms with Gasteiger partial charge in [-0.1, -0.05) is 11.6 Å². The van der Waals surface area contributed by atoms with Gasteiger partial charge in [0.15, 0.2) is 5.82 Å². The van der Waals surface area contributed by atoms with Crippen molar-refractivity contribution in [1.29, 1.82) is 0 Å². The van der Waals surface area contributed by atoms with Crippen molar-refractivity contribution >= 4 is 23.2 Å². The molecule has 2 aromatic rings. The highest BCUT2D eigenvalue weighted by molar-refractivity contribution is 6.32. The third kappa shape index (κ3) is 2.01. The van der Waals surface area contributed by atoms with Gasteiger partial charge < -0.3 is 0 Å². The lowest BCUT2D eigenvalue weighted by atomic mass is 10.3. The van der Waals surface area contributed by atoms with Crippen molar-refractivity contribution in [2.75, 3.05) is 0 Å². The van der Waals surface area contributed by atoms with Crippen molar-refractivity contribution in [2.24, 2.45) is 0 Å². The number of halogens is 3. The fraction of sp³-hybridized carbons (Fsp3) is 0.222. The fourth-order valence-corrected chi connectivity index (χ4v) is 1.65. The second-order valence-electron chi connectivity index (χ2n) is 3.16. The van der Waals surface area contributed by atoms with E-state index >= 15 is 0 Å². The Labute approximate surface area is 101 Å². The number of aromatic nitrogens is 4. The molecule has 0 amide bonds. The van der Waals surface area contributed by atoms with Gasteiger partial charge in [0.1, 0.15) is 5.82 Å². The average Bonchev–Trinajstić information content (AvgIpc) is 2.66. The molecule has 0 saturated carbocycles. The molecule has 0 fully saturated rings. The van der Waals surface area contributed by atoms with E-state index < -0.39 is 5.82 Å². The van der Waals surface area contributed by atoms with Gasteiger partial charge in [-0.25, -0.2) is 4.39 Å². The van der Waals surface area contributed by atoms with E-state index in [1.165, 1.54) is 22.9 Å². The largest absolute Gasteiger partial charge is 0.207 e. The van der Waals surface area contributed by atoms with Crippen LogP contribution in [0.2, 0.25) is 5.02 Å². The highest BCUT2D eigenvalue weighted by Gasteiger charge is 2.15. The summed E-state index contributed by atoms with van der Waals surface area (Å²) in [5, 5.41) is 10.9. The van der Waals surface area contributed by atoms with Crippen LogP contribution in [-0.4, -0.2) is 20.2 Å². The van der Waals surface area contributed by atoms with Crippen molar-refractivity contribution in [3.05, 3.63) is 34.9 Å². The van der Waals surface area contributed by atoms with Crippen LogP contribution in [0.15, 0.2) is 18.2 Å². The first-order valence-corrected chi connectivity index (χ1v) is 5.29. The zero-order chi connectivity index (χ0) is 11.7. The number of hydrogen-bond donors (Lipinski definition) is 0. The van der Waals surface area contributed by atoms with Crippen LogP contribution in [0.3, 0.4) is 0 Å². The van der Waals surface area contributed by atoms with Crippen LogP contribution in [0.5, 0.6) is 0 Å². The zero-order valence-corrected chi connectivity index (χ0v) is 9.74. The molecule has 0 N–H and O–H groups in total. The van der Waals surface area contributed by atoms with Gasteiger partial charge in [0.05, 0.1) is 16.1 Å². The molecule has 0 saturated heterocycles. The summed E-state index contributed by atoms with van der Waals surface area (Å²) >= 11 is 11.8. The fourth-order valence-electron chi connectivity index (χ4n) is 1.27. The van der Waals surface area contributed by atoms with Gasteiger partial charge in [0.25, 0.3) is 0 Å². The summed E-state index contributed by atoms with van der Waals surface area (Å²) < 4.78 is 14.3. The Morgan fingerprint density at radius 2 is 2.19 bits per heavy atom. The lowest BCUT2D eigenvalue weighted by Gasteiger charge is -2.07. The maximum Gasteiger partial charge on any atom is 0.174 e. The number of benzene rings is 1. The predicted octanol–water partition coefficient (Wildman–Crippen LogP) is 2.75. The molecule has 4 nitrogen and oxygen atoms in total. The summed E-state index contributed by atoms with van der Waals surface area (Å²) in [6.45, 7) is 1.74. The number of hydrogen-bond acceptors (Lipinski definition) is 3. The summed E-state index contributed by atoms with van der Waals surface area (Å²) in [5.74, 6) is 0.0393. The summed E-state index contributed by atoms with van der Waals surface area (Å²) in [6, 6.07) is 3.98. The Balaban J connectivity index is 2.54. The number of nitrogens with zero attached hydrogens (tertiary/aromatic N) is 4. The van der Waals surface area contributed by atoms with E-state index in [9.17, 15) is 4.39 Å². The van der Waals surface area contributed by atoms with Gasteiger partial charge in [-0.05, 0) is 35.5 Å². The van der Waals surface area contributed by atoms with Crippen molar-refractivity contribution in [2.45, 2.75) is 12.3 Å². The monoisotopic (exact) mass is 260 g/mol. The predicted molar refractivity (Wildman–Crippen MR) is 58.4 cm³/mol. The van der Waals surface area contributed by atoms with Crippen LogP contribution in [0.1, 0.15) is 18.1 Å². The molecule has 0 aliphatic rings.